The molecule has 3 rings (SSSR count). The molecule has 0 amide bonds. The Labute approximate surface area is 192 Å². The Morgan fingerprint density at radius 2 is 1.58 bits per heavy atom. The van der Waals surface area contributed by atoms with Gasteiger partial charge in [-0.2, -0.15) is 8.78 Å². The van der Waals surface area contributed by atoms with E-state index in [4.69, 9.17) is 0 Å². The van der Waals surface area contributed by atoms with Crippen LogP contribution in [-0.2, 0) is 6.54 Å². The first-order chi connectivity index (χ1) is 15.8. The van der Waals surface area contributed by atoms with E-state index in [0.29, 0.717) is 18.1 Å². The summed E-state index contributed by atoms with van der Waals surface area (Å²) in [5, 5.41) is 3.63. The number of likely N-dealkylation sites (tertiary alicyclic amines) is 1. The molecular formula is C22H26F5N3O2S. The monoisotopic (exact) mass is 491 g/mol. The minimum absolute atomic E-state index is 0.0831. The number of unbranched alkanes of at least 4 members (excludes halogenated alkanes) is 2. The molecule has 11 heteroatoms. The lowest BCUT2D eigenvalue weighted by Gasteiger charge is -2.17. The molecule has 0 spiro atoms. The second kappa shape index (κ2) is 11.7. The number of halogens is 5. The molecule has 1 fully saturated rings. The topological polar surface area (TPSA) is 54.5 Å². The maximum absolute atomic E-state index is 14.0. The maximum Gasteiger partial charge on any atom is 0.357 e. The van der Waals surface area contributed by atoms with Gasteiger partial charge in [-0.05, 0) is 32.4 Å². The van der Waals surface area contributed by atoms with Crippen LogP contribution in [0.2, 0.25) is 0 Å². The number of esters is 1. The first-order valence-electron chi connectivity index (χ1n) is 11.0. The lowest BCUT2D eigenvalue weighted by Crippen LogP contribution is -2.23. The third kappa shape index (κ3) is 6.20. The van der Waals surface area contributed by atoms with Crippen molar-refractivity contribution in [2.45, 2.75) is 58.4 Å². The zero-order valence-corrected chi connectivity index (χ0v) is 19.1. The highest BCUT2D eigenvalue weighted by molar-refractivity contribution is 7.14. The molecule has 1 aromatic carbocycles. The van der Waals surface area contributed by atoms with Crippen LogP contribution in [0.4, 0.5) is 27.8 Å². The second-order valence-corrected chi connectivity index (χ2v) is 8.98. The third-order valence-corrected chi connectivity index (χ3v) is 6.37. The molecule has 1 saturated heterocycles. The molecule has 0 aliphatic carbocycles. The fraction of sp³-hybridized carbons (Fsp3) is 0.545. The van der Waals surface area contributed by atoms with Crippen molar-refractivity contribution in [3.63, 3.8) is 0 Å². The zero-order valence-electron chi connectivity index (χ0n) is 18.3. The number of anilines is 1. The van der Waals surface area contributed by atoms with Gasteiger partial charge >= 0.3 is 5.97 Å². The number of hydrogen-bond acceptors (Lipinski definition) is 6. The van der Waals surface area contributed by atoms with Crippen molar-refractivity contribution in [2.75, 3.05) is 25.0 Å². The summed E-state index contributed by atoms with van der Waals surface area (Å²) in [4.78, 5) is 19.3. The van der Waals surface area contributed by atoms with Crippen molar-refractivity contribution in [3.8, 4) is 5.75 Å². The van der Waals surface area contributed by atoms with E-state index in [1.165, 1.54) is 0 Å². The fourth-order valence-electron chi connectivity index (χ4n) is 3.57. The minimum atomic E-state index is -2.32. The van der Waals surface area contributed by atoms with Gasteiger partial charge in [-0.15, -0.1) is 11.3 Å². The number of hydrogen-bond donors (Lipinski definition) is 1. The van der Waals surface area contributed by atoms with Gasteiger partial charge in [0, 0.05) is 6.54 Å². The Bertz CT molecular complexity index is 948. The number of nitrogens with one attached hydrogen (secondary N) is 1. The molecule has 0 saturated carbocycles. The van der Waals surface area contributed by atoms with Gasteiger partial charge in [-0.3, -0.25) is 4.90 Å². The van der Waals surface area contributed by atoms with Crippen LogP contribution in [0.25, 0.3) is 0 Å². The van der Waals surface area contributed by atoms with Crippen LogP contribution in [0.1, 0.15) is 66.5 Å². The summed E-state index contributed by atoms with van der Waals surface area (Å²) in [6.07, 6.45) is 7.15. The summed E-state index contributed by atoms with van der Waals surface area (Å²) in [5.41, 5.74) is 0. The summed E-state index contributed by atoms with van der Waals surface area (Å²) in [6, 6.07) is 0. The number of carbonyl (C=O) groups excluding carboxylic acids is 1. The number of benzene rings is 1. The minimum Gasteiger partial charge on any atom is -0.416 e. The lowest BCUT2D eigenvalue weighted by atomic mass is 10.2. The molecule has 1 aromatic heterocycles. The molecule has 1 aliphatic rings. The Kier molecular flexibility index (Phi) is 9.02. The van der Waals surface area contributed by atoms with Crippen LogP contribution >= 0.6 is 11.3 Å². The Morgan fingerprint density at radius 3 is 2.18 bits per heavy atom. The first-order valence-corrected chi connectivity index (χ1v) is 11.8. The number of rotatable bonds is 9. The van der Waals surface area contributed by atoms with Crippen LogP contribution < -0.4 is 10.1 Å². The van der Waals surface area contributed by atoms with E-state index in [-0.39, 0.29) is 10.7 Å². The zero-order chi connectivity index (χ0) is 24.0. The smallest absolute Gasteiger partial charge is 0.357 e. The van der Waals surface area contributed by atoms with Crippen LogP contribution in [0.15, 0.2) is 0 Å². The number of thiazole rings is 1. The van der Waals surface area contributed by atoms with Crippen molar-refractivity contribution in [3.05, 3.63) is 39.0 Å². The van der Waals surface area contributed by atoms with Crippen LogP contribution in [0.3, 0.4) is 0 Å². The van der Waals surface area contributed by atoms with E-state index in [0.717, 1.165) is 69.4 Å². The average Bonchev–Trinajstić information content (AvgIpc) is 3.02. The number of ether oxygens (including phenoxy) is 1. The molecule has 182 valence electrons. The molecule has 0 radical (unpaired) electrons. The second-order valence-electron chi connectivity index (χ2n) is 7.90. The summed E-state index contributed by atoms with van der Waals surface area (Å²) >= 11 is 0.978. The predicted octanol–water partition coefficient (Wildman–Crippen LogP) is 6.04. The summed E-state index contributed by atoms with van der Waals surface area (Å²) in [6.45, 7) is 4.81. The van der Waals surface area contributed by atoms with Gasteiger partial charge in [-0.1, -0.05) is 32.6 Å². The SMILES string of the molecule is CCCCCNc1nc(CN2CCCCCC2)sc1C(=O)Oc1c(F)c(F)c(F)c(F)c1F. The highest BCUT2D eigenvalue weighted by Gasteiger charge is 2.30. The van der Waals surface area contributed by atoms with Gasteiger partial charge in [0.05, 0.1) is 6.54 Å². The molecule has 0 atom stereocenters. The molecule has 1 N–H and O–H groups in total. The van der Waals surface area contributed by atoms with Crippen molar-refractivity contribution in [1.29, 1.82) is 0 Å². The van der Waals surface area contributed by atoms with Crippen molar-refractivity contribution in [1.82, 2.24) is 9.88 Å². The molecular weight excluding hydrogens is 465 g/mol. The maximum atomic E-state index is 14.0. The Morgan fingerprint density at radius 1 is 0.970 bits per heavy atom. The quantitative estimate of drug-likeness (QED) is 0.116. The van der Waals surface area contributed by atoms with E-state index < -0.39 is 40.8 Å². The highest BCUT2D eigenvalue weighted by atomic mass is 32.1. The van der Waals surface area contributed by atoms with Gasteiger partial charge in [0.25, 0.3) is 0 Å². The largest absolute Gasteiger partial charge is 0.416 e. The predicted molar refractivity (Wildman–Crippen MR) is 115 cm³/mol. The molecule has 2 aromatic rings. The Hall–Kier alpha value is -2.27. The van der Waals surface area contributed by atoms with Crippen LogP contribution in [-0.4, -0.2) is 35.5 Å². The molecule has 2 heterocycles. The van der Waals surface area contributed by atoms with E-state index in [2.05, 4.69) is 19.9 Å². The van der Waals surface area contributed by atoms with Crippen LogP contribution in [0.5, 0.6) is 5.75 Å². The molecule has 33 heavy (non-hydrogen) atoms. The van der Waals surface area contributed by atoms with E-state index in [1.54, 1.807) is 0 Å². The molecule has 0 unspecified atom stereocenters. The van der Waals surface area contributed by atoms with Crippen LogP contribution in [0, 0.1) is 29.1 Å². The molecule has 1 aliphatic heterocycles. The van der Waals surface area contributed by atoms with Crippen molar-refractivity contribution in [2.24, 2.45) is 0 Å². The normalized spacial score (nSPS) is 14.8. The lowest BCUT2D eigenvalue weighted by molar-refractivity contribution is 0.0722. The summed E-state index contributed by atoms with van der Waals surface area (Å²) in [5.74, 6) is -13.8. The molecule has 5 nitrogen and oxygen atoms in total. The van der Waals surface area contributed by atoms with Gasteiger partial charge < -0.3 is 10.1 Å². The van der Waals surface area contributed by atoms with Crippen molar-refractivity contribution >= 4 is 23.1 Å². The van der Waals surface area contributed by atoms with Gasteiger partial charge in [0.2, 0.25) is 34.8 Å². The average molecular weight is 492 g/mol. The summed E-state index contributed by atoms with van der Waals surface area (Å²) in [7, 11) is 0. The number of carbonyl (C=O) groups is 1. The Balaban J connectivity index is 1.84. The van der Waals surface area contributed by atoms with E-state index >= 15 is 0 Å². The first kappa shape index (κ1) is 25.4. The fourth-order valence-corrected chi connectivity index (χ4v) is 4.53. The standard InChI is InChI=1S/C22H26F5N3O2S/c1-2-3-6-9-28-21-20(33-13(29-21)12-30-10-7-4-5-8-11-30)22(31)32-19-17(26)15(24)14(23)16(25)18(19)27/h28H,2-12H2,1H3. The number of nitrogens with zero attached hydrogens (tertiary/aromatic N) is 2. The van der Waals surface area contributed by atoms with E-state index in [9.17, 15) is 26.7 Å². The summed E-state index contributed by atoms with van der Waals surface area (Å²) < 4.78 is 72.9. The molecule has 0 bridgehead atoms. The third-order valence-electron chi connectivity index (χ3n) is 5.35. The number of aromatic nitrogens is 1. The van der Waals surface area contributed by atoms with Gasteiger partial charge in [0.15, 0.2) is 10.7 Å². The van der Waals surface area contributed by atoms with Gasteiger partial charge in [-0.25, -0.2) is 22.9 Å². The van der Waals surface area contributed by atoms with E-state index in [1.807, 2.05) is 6.92 Å². The van der Waals surface area contributed by atoms with Gasteiger partial charge in [0.1, 0.15) is 5.01 Å². The highest BCUT2D eigenvalue weighted by Crippen LogP contribution is 2.32. The van der Waals surface area contributed by atoms with Crippen molar-refractivity contribution < 1.29 is 31.5 Å².